The number of esters is 2. The summed E-state index contributed by atoms with van der Waals surface area (Å²) in [4.78, 5) is 34.9. The van der Waals surface area contributed by atoms with Gasteiger partial charge in [0.05, 0.1) is 61.1 Å². The van der Waals surface area contributed by atoms with Crippen LogP contribution in [-0.4, -0.2) is 63.0 Å². The number of carbonyl (C=O) groups is 2. The molecule has 0 amide bonds. The number of hydrogen-bond acceptors (Lipinski definition) is 10. The summed E-state index contributed by atoms with van der Waals surface area (Å²) in [7, 11) is 0. The molecule has 5 rings (SSSR count). The smallest absolute Gasteiger partial charge is 0.343 e. The maximum absolute atomic E-state index is 12.9. The molecule has 10 nitrogen and oxygen atoms in total. The molecule has 314 valence electrons. The fourth-order valence-electron chi connectivity index (χ4n) is 5.95. The summed E-state index contributed by atoms with van der Waals surface area (Å²) in [5.41, 5.74) is 3.92. The number of benzene rings is 5. The van der Waals surface area contributed by atoms with E-state index in [9.17, 15) is 9.59 Å². The molecule has 0 bridgehead atoms. The van der Waals surface area contributed by atoms with E-state index in [0.29, 0.717) is 37.6 Å². The van der Waals surface area contributed by atoms with E-state index >= 15 is 0 Å². The van der Waals surface area contributed by atoms with Gasteiger partial charge in [0, 0.05) is 31.3 Å². The molecule has 0 unspecified atom stereocenters. The highest BCUT2D eigenvalue weighted by atomic mass is 16.5. The summed E-state index contributed by atoms with van der Waals surface area (Å²) in [6, 6.07) is 35.4. The van der Waals surface area contributed by atoms with Gasteiger partial charge in [-0.25, -0.2) is 9.59 Å². The van der Waals surface area contributed by atoms with Crippen molar-refractivity contribution in [3.63, 3.8) is 0 Å². The molecular formula is C50H56N2O8. The minimum Gasteiger partial charge on any atom is -0.494 e. The van der Waals surface area contributed by atoms with Crippen molar-refractivity contribution in [1.82, 2.24) is 0 Å². The Morgan fingerprint density at radius 2 is 0.917 bits per heavy atom. The van der Waals surface area contributed by atoms with Crippen LogP contribution in [0.5, 0.6) is 23.0 Å². The SMILES string of the molecule is CCC[C@H](C)OCCCOc1ccc(N=Cc2ccc(C(=O)Oc3cccc(OC(=O)c4ccc(C=Nc5ccc(OCCCO[C@@H](C)CCC)cc5)cc4)c3)cc2)cc1. The Bertz CT molecular complexity index is 1950. The van der Waals surface area contributed by atoms with Crippen molar-refractivity contribution in [2.24, 2.45) is 9.98 Å². The van der Waals surface area contributed by atoms with Gasteiger partial charge in [0.2, 0.25) is 0 Å². The van der Waals surface area contributed by atoms with E-state index in [2.05, 4.69) is 37.7 Å². The van der Waals surface area contributed by atoms with E-state index in [1.54, 1.807) is 79.2 Å². The molecule has 0 fully saturated rings. The van der Waals surface area contributed by atoms with Crippen LogP contribution in [0.15, 0.2) is 131 Å². The Morgan fingerprint density at radius 1 is 0.517 bits per heavy atom. The van der Waals surface area contributed by atoms with Gasteiger partial charge in [0.15, 0.2) is 0 Å². The maximum Gasteiger partial charge on any atom is 0.343 e. The topological polar surface area (TPSA) is 114 Å². The molecule has 0 aliphatic carbocycles. The lowest BCUT2D eigenvalue weighted by Crippen LogP contribution is -2.11. The summed E-state index contributed by atoms with van der Waals surface area (Å²) in [5, 5.41) is 0. The molecule has 0 radical (unpaired) electrons. The van der Waals surface area contributed by atoms with Crippen molar-refractivity contribution >= 4 is 35.7 Å². The minimum absolute atomic E-state index is 0.242. The van der Waals surface area contributed by atoms with Gasteiger partial charge in [-0.2, -0.15) is 0 Å². The minimum atomic E-state index is -0.546. The molecule has 10 heteroatoms. The summed E-state index contributed by atoms with van der Waals surface area (Å²) < 4.78 is 34.4. The molecule has 0 aromatic heterocycles. The van der Waals surface area contributed by atoms with Crippen LogP contribution >= 0.6 is 0 Å². The number of ether oxygens (including phenoxy) is 6. The van der Waals surface area contributed by atoms with Crippen molar-refractivity contribution in [2.75, 3.05) is 26.4 Å². The van der Waals surface area contributed by atoms with E-state index < -0.39 is 11.9 Å². The Hall–Kier alpha value is -6.10. The maximum atomic E-state index is 12.9. The predicted octanol–water partition coefficient (Wildman–Crippen LogP) is 11.6. The van der Waals surface area contributed by atoms with Gasteiger partial charge in [0.1, 0.15) is 23.0 Å². The normalized spacial score (nSPS) is 12.3. The third-order valence-electron chi connectivity index (χ3n) is 9.23. The fourth-order valence-corrected chi connectivity index (χ4v) is 5.95. The molecule has 0 aliphatic heterocycles. The first kappa shape index (κ1) is 45.0. The van der Waals surface area contributed by atoms with Crippen molar-refractivity contribution < 1.29 is 38.0 Å². The van der Waals surface area contributed by atoms with Crippen LogP contribution in [0.1, 0.15) is 98.1 Å². The summed E-state index contributed by atoms with van der Waals surface area (Å²) in [6.07, 6.45) is 10.0. The lowest BCUT2D eigenvalue weighted by molar-refractivity contribution is 0.0517. The number of rotatable bonds is 24. The van der Waals surface area contributed by atoms with Gasteiger partial charge in [-0.15, -0.1) is 0 Å². The number of carbonyl (C=O) groups excluding carboxylic acids is 2. The first-order valence-corrected chi connectivity index (χ1v) is 20.8. The molecule has 0 spiro atoms. The second-order valence-corrected chi connectivity index (χ2v) is 14.3. The zero-order valence-corrected chi connectivity index (χ0v) is 35.1. The van der Waals surface area contributed by atoms with Gasteiger partial charge < -0.3 is 28.4 Å². The number of aliphatic imine (C=N–C) groups is 2. The van der Waals surface area contributed by atoms with Crippen LogP contribution in [0.4, 0.5) is 11.4 Å². The van der Waals surface area contributed by atoms with Crippen LogP contribution in [0.3, 0.4) is 0 Å². The first-order chi connectivity index (χ1) is 29.3. The van der Waals surface area contributed by atoms with Gasteiger partial charge in [-0.05, 0) is 123 Å². The third-order valence-corrected chi connectivity index (χ3v) is 9.23. The van der Waals surface area contributed by atoms with E-state index in [-0.39, 0.29) is 23.7 Å². The number of nitrogens with zero attached hydrogens (tertiary/aromatic N) is 2. The zero-order chi connectivity index (χ0) is 42.4. The van der Waals surface area contributed by atoms with Crippen LogP contribution in [0, 0.1) is 0 Å². The van der Waals surface area contributed by atoms with Crippen LogP contribution in [-0.2, 0) is 9.47 Å². The average molecular weight is 813 g/mol. The molecule has 0 saturated carbocycles. The molecule has 0 aliphatic rings. The van der Waals surface area contributed by atoms with Gasteiger partial charge >= 0.3 is 11.9 Å². The van der Waals surface area contributed by atoms with Gasteiger partial charge in [0.25, 0.3) is 0 Å². The Kier molecular flexibility index (Phi) is 18.5. The second kappa shape index (κ2) is 24.7. The quantitative estimate of drug-likeness (QED) is 0.0262. The lowest BCUT2D eigenvalue weighted by Gasteiger charge is -2.12. The predicted molar refractivity (Wildman–Crippen MR) is 238 cm³/mol. The monoisotopic (exact) mass is 812 g/mol. The Morgan fingerprint density at radius 3 is 1.30 bits per heavy atom. The fraction of sp³-hybridized carbons (Fsp3) is 0.320. The molecule has 5 aromatic rings. The first-order valence-electron chi connectivity index (χ1n) is 20.8. The molecule has 0 N–H and O–H groups in total. The van der Waals surface area contributed by atoms with E-state index in [1.807, 2.05) is 48.5 Å². The van der Waals surface area contributed by atoms with E-state index in [0.717, 1.165) is 72.5 Å². The Balaban J connectivity index is 1.03. The van der Waals surface area contributed by atoms with Crippen molar-refractivity contribution in [1.29, 1.82) is 0 Å². The molecule has 60 heavy (non-hydrogen) atoms. The van der Waals surface area contributed by atoms with Crippen molar-refractivity contribution in [3.8, 4) is 23.0 Å². The highest BCUT2D eigenvalue weighted by molar-refractivity contribution is 5.93. The average Bonchev–Trinajstić information content (AvgIpc) is 3.26. The van der Waals surface area contributed by atoms with Crippen LogP contribution in [0.25, 0.3) is 0 Å². The van der Waals surface area contributed by atoms with Crippen LogP contribution in [0.2, 0.25) is 0 Å². The molecular weight excluding hydrogens is 757 g/mol. The van der Waals surface area contributed by atoms with E-state index in [4.69, 9.17) is 28.4 Å². The summed E-state index contributed by atoms with van der Waals surface area (Å²) in [6.45, 7) is 11.1. The van der Waals surface area contributed by atoms with Crippen molar-refractivity contribution in [2.45, 2.75) is 78.4 Å². The van der Waals surface area contributed by atoms with Crippen molar-refractivity contribution in [3.05, 3.63) is 144 Å². The summed E-state index contributed by atoms with van der Waals surface area (Å²) in [5.74, 6) is 0.956. The Labute approximate surface area is 354 Å². The molecule has 5 aromatic carbocycles. The zero-order valence-electron chi connectivity index (χ0n) is 35.1. The molecule has 0 saturated heterocycles. The van der Waals surface area contributed by atoms with E-state index in [1.165, 1.54) is 6.07 Å². The third kappa shape index (κ3) is 15.9. The largest absolute Gasteiger partial charge is 0.494 e. The molecule has 2 atom stereocenters. The number of hydrogen-bond donors (Lipinski definition) is 0. The lowest BCUT2D eigenvalue weighted by atomic mass is 10.1. The highest BCUT2D eigenvalue weighted by Crippen LogP contribution is 2.23. The standard InChI is InChI=1S/C50H56N2O8/c1-5-10-37(3)55-30-8-32-57-45-26-22-43(23-27-45)51-35-39-14-18-41(19-15-39)49(53)59-47-12-7-13-48(34-47)60-50(54)42-20-16-40(17-21-42)36-52-44-24-28-46(29-25-44)58-33-9-31-56-38(4)11-6-2/h7,12-29,34-38H,5-6,8-11,30-33H2,1-4H3/t37-,38-/m0/s1. The van der Waals surface area contributed by atoms with Gasteiger partial charge in [-0.1, -0.05) is 57.0 Å². The second-order valence-electron chi connectivity index (χ2n) is 14.3. The highest BCUT2D eigenvalue weighted by Gasteiger charge is 2.12. The van der Waals surface area contributed by atoms with Gasteiger partial charge in [-0.3, -0.25) is 9.98 Å². The van der Waals surface area contributed by atoms with Crippen LogP contribution < -0.4 is 18.9 Å². The molecule has 0 heterocycles. The summed E-state index contributed by atoms with van der Waals surface area (Å²) >= 11 is 0.